The van der Waals surface area contributed by atoms with E-state index in [1.165, 1.54) is 22.8 Å². The molecule has 0 radical (unpaired) electrons. The maximum atomic E-state index is 11.9. The van der Waals surface area contributed by atoms with Gasteiger partial charge in [0.15, 0.2) is 5.78 Å². The molecular formula is C17H17NO5. The second kappa shape index (κ2) is 7.40. The lowest BCUT2D eigenvalue weighted by atomic mass is 10.1. The van der Waals surface area contributed by atoms with Gasteiger partial charge in [0.25, 0.3) is 5.56 Å². The third-order valence-corrected chi connectivity index (χ3v) is 3.18. The number of carbonyl (C=O) groups is 2. The van der Waals surface area contributed by atoms with Gasteiger partial charge in [0.2, 0.25) is 0 Å². The van der Waals surface area contributed by atoms with Crippen LogP contribution in [0.4, 0.5) is 0 Å². The number of phenolic OH excluding ortho intramolecular Hbond substituents is 1. The summed E-state index contributed by atoms with van der Waals surface area (Å²) in [5.74, 6) is -0.847. The van der Waals surface area contributed by atoms with Crippen LogP contribution in [0.3, 0.4) is 0 Å². The predicted molar refractivity (Wildman–Crippen MR) is 84.1 cm³/mol. The van der Waals surface area contributed by atoms with Crippen molar-refractivity contribution in [3.05, 3.63) is 52.9 Å². The molecule has 0 aliphatic rings. The van der Waals surface area contributed by atoms with Gasteiger partial charge in [0, 0.05) is 12.3 Å². The summed E-state index contributed by atoms with van der Waals surface area (Å²) in [5.41, 5.74) is 1.20. The molecule has 0 atom stereocenters. The Morgan fingerprint density at radius 1 is 1.09 bits per heavy atom. The largest absolute Gasteiger partial charge is 0.508 e. The molecular weight excluding hydrogens is 298 g/mol. The summed E-state index contributed by atoms with van der Waals surface area (Å²) in [4.78, 5) is 35.0. The van der Waals surface area contributed by atoms with E-state index in [0.29, 0.717) is 0 Å². The number of ketones is 1. The van der Waals surface area contributed by atoms with Crippen LogP contribution in [0.25, 0.3) is 11.1 Å². The van der Waals surface area contributed by atoms with E-state index in [2.05, 4.69) is 0 Å². The van der Waals surface area contributed by atoms with Gasteiger partial charge in [-0.05, 0) is 36.2 Å². The maximum Gasteiger partial charge on any atom is 0.313 e. The fourth-order valence-corrected chi connectivity index (χ4v) is 2.10. The monoisotopic (exact) mass is 315 g/mol. The van der Waals surface area contributed by atoms with Gasteiger partial charge in [-0.3, -0.25) is 14.4 Å². The number of pyridine rings is 1. The molecule has 1 N–H and O–H groups in total. The molecule has 6 nitrogen and oxygen atoms in total. The highest BCUT2D eigenvalue weighted by molar-refractivity contribution is 5.95. The zero-order valence-electron chi connectivity index (χ0n) is 12.7. The zero-order chi connectivity index (χ0) is 16.8. The predicted octanol–water partition coefficient (Wildman–Crippen LogP) is 1.74. The fraction of sp³-hybridized carbons (Fsp3) is 0.235. The average molecular weight is 315 g/mol. The second-order valence-electron chi connectivity index (χ2n) is 4.95. The maximum absolute atomic E-state index is 11.9. The zero-order valence-corrected chi connectivity index (χ0v) is 12.7. The Morgan fingerprint density at radius 3 is 2.39 bits per heavy atom. The topological polar surface area (TPSA) is 85.6 Å². The molecule has 0 aliphatic carbocycles. The van der Waals surface area contributed by atoms with E-state index < -0.39 is 11.8 Å². The summed E-state index contributed by atoms with van der Waals surface area (Å²) in [6.07, 6.45) is 1.20. The highest BCUT2D eigenvalue weighted by atomic mass is 16.5. The van der Waals surface area contributed by atoms with Gasteiger partial charge >= 0.3 is 5.97 Å². The smallest absolute Gasteiger partial charge is 0.313 e. The van der Waals surface area contributed by atoms with Crippen LogP contribution in [-0.4, -0.2) is 28.0 Å². The number of ether oxygens (including phenoxy) is 1. The number of rotatable bonds is 6. The second-order valence-corrected chi connectivity index (χ2v) is 4.95. The molecule has 0 amide bonds. The highest BCUT2D eigenvalue weighted by Crippen LogP contribution is 2.20. The normalized spacial score (nSPS) is 10.3. The van der Waals surface area contributed by atoms with Crippen molar-refractivity contribution in [3.8, 4) is 16.9 Å². The van der Waals surface area contributed by atoms with Crippen molar-refractivity contribution in [2.75, 3.05) is 6.61 Å². The number of nitrogens with zero attached hydrogens (tertiary/aromatic N) is 1. The van der Waals surface area contributed by atoms with Crippen LogP contribution in [-0.2, 0) is 20.9 Å². The van der Waals surface area contributed by atoms with Gasteiger partial charge in [-0.1, -0.05) is 12.1 Å². The minimum atomic E-state index is -0.597. The van der Waals surface area contributed by atoms with Crippen LogP contribution in [0, 0.1) is 0 Å². The van der Waals surface area contributed by atoms with Crippen molar-refractivity contribution in [2.45, 2.75) is 19.9 Å². The number of hydrogen-bond donors (Lipinski definition) is 1. The van der Waals surface area contributed by atoms with Crippen LogP contribution >= 0.6 is 0 Å². The Morgan fingerprint density at radius 2 is 1.74 bits per heavy atom. The summed E-state index contributed by atoms with van der Waals surface area (Å²) < 4.78 is 5.97. The van der Waals surface area contributed by atoms with Crippen LogP contribution in [0.5, 0.6) is 5.75 Å². The third-order valence-electron chi connectivity index (χ3n) is 3.18. The van der Waals surface area contributed by atoms with E-state index in [-0.39, 0.29) is 30.9 Å². The van der Waals surface area contributed by atoms with Gasteiger partial charge in [0.05, 0.1) is 13.2 Å². The SMILES string of the molecule is CCOC(=O)CC(=O)Cn1cc(-c2ccc(O)cc2)ccc1=O. The molecule has 1 aromatic carbocycles. The quantitative estimate of drug-likeness (QED) is 0.648. The first kappa shape index (κ1) is 16.5. The number of benzene rings is 1. The Labute approximate surface area is 133 Å². The number of hydrogen-bond acceptors (Lipinski definition) is 5. The summed E-state index contributed by atoms with van der Waals surface area (Å²) in [5, 5.41) is 9.31. The Bertz CT molecular complexity index is 761. The molecule has 120 valence electrons. The molecule has 0 aliphatic heterocycles. The summed E-state index contributed by atoms with van der Waals surface area (Å²) in [7, 11) is 0. The Hall–Kier alpha value is -2.89. The van der Waals surface area contributed by atoms with E-state index in [4.69, 9.17) is 4.74 Å². The lowest BCUT2D eigenvalue weighted by Gasteiger charge is -2.08. The Balaban J connectivity index is 2.17. The first-order valence-corrected chi connectivity index (χ1v) is 7.17. The lowest BCUT2D eigenvalue weighted by molar-refractivity contribution is -0.145. The molecule has 0 saturated heterocycles. The lowest BCUT2D eigenvalue weighted by Crippen LogP contribution is -2.24. The van der Waals surface area contributed by atoms with E-state index in [1.54, 1.807) is 31.3 Å². The van der Waals surface area contributed by atoms with Crippen LogP contribution in [0.1, 0.15) is 13.3 Å². The number of aromatic hydroxyl groups is 1. The van der Waals surface area contributed by atoms with Crippen LogP contribution in [0.2, 0.25) is 0 Å². The molecule has 1 aromatic heterocycles. The van der Waals surface area contributed by atoms with E-state index in [0.717, 1.165) is 11.1 Å². The molecule has 0 saturated carbocycles. The first-order chi connectivity index (χ1) is 11.0. The standard InChI is InChI=1S/C17H17NO5/c1-2-23-17(22)9-15(20)11-18-10-13(5-8-16(18)21)12-3-6-14(19)7-4-12/h3-8,10,19H,2,9,11H2,1H3. The number of carbonyl (C=O) groups excluding carboxylic acids is 2. The summed E-state index contributed by atoms with van der Waals surface area (Å²) >= 11 is 0. The van der Waals surface area contributed by atoms with Crippen molar-refractivity contribution in [3.63, 3.8) is 0 Å². The minimum absolute atomic E-state index is 0.145. The van der Waals surface area contributed by atoms with Gasteiger partial charge in [-0.2, -0.15) is 0 Å². The molecule has 2 aromatic rings. The summed E-state index contributed by atoms with van der Waals surface area (Å²) in [6.45, 7) is 1.68. The van der Waals surface area contributed by atoms with Gasteiger partial charge in [0.1, 0.15) is 12.2 Å². The van der Waals surface area contributed by atoms with Crippen LogP contribution < -0.4 is 5.56 Å². The van der Waals surface area contributed by atoms with E-state index in [9.17, 15) is 19.5 Å². The van der Waals surface area contributed by atoms with Crippen molar-refractivity contribution < 1.29 is 19.4 Å². The van der Waals surface area contributed by atoms with Crippen molar-refractivity contribution in [1.29, 1.82) is 0 Å². The number of aromatic nitrogens is 1. The van der Waals surface area contributed by atoms with Crippen molar-refractivity contribution in [1.82, 2.24) is 4.57 Å². The van der Waals surface area contributed by atoms with E-state index >= 15 is 0 Å². The van der Waals surface area contributed by atoms with Gasteiger partial charge in [-0.25, -0.2) is 0 Å². The molecule has 0 spiro atoms. The molecule has 23 heavy (non-hydrogen) atoms. The molecule has 2 rings (SSSR count). The molecule has 0 unspecified atom stereocenters. The first-order valence-electron chi connectivity index (χ1n) is 7.17. The minimum Gasteiger partial charge on any atom is -0.508 e. The third kappa shape index (κ3) is 4.54. The number of esters is 1. The molecule has 6 heteroatoms. The average Bonchev–Trinajstić information content (AvgIpc) is 2.50. The van der Waals surface area contributed by atoms with Crippen molar-refractivity contribution >= 4 is 11.8 Å². The molecule has 0 fully saturated rings. The molecule has 0 bridgehead atoms. The number of phenols is 1. The van der Waals surface area contributed by atoms with Crippen molar-refractivity contribution in [2.24, 2.45) is 0 Å². The van der Waals surface area contributed by atoms with Crippen LogP contribution in [0.15, 0.2) is 47.4 Å². The van der Waals surface area contributed by atoms with E-state index in [1.807, 2.05) is 0 Å². The van der Waals surface area contributed by atoms with Gasteiger partial charge in [-0.15, -0.1) is 0 Å². The summed E-state index contributed by atoms with van der Waals surface area (Å²) in [6, 6.07) is 9.49. The Kier molecular flexibility index (Phi) is 5.30. The molecule has 1 heterocycles. The highest BCUT2D eigenvalue weighted by Gasteiger charge is 2.12. The van der Waals surface area contributed by atoms with Gasteiger partial charge < -0.3 is 14.4 Å². The fourth-order valence-electron chi connectivity index (χ4n) is 2.10. The number of Topliss-reactive ketones (excluding diaryl/α,β-unsaturated/α-hetero) is 1.